The predicted molar refractivity (Wildman–Crippen MR) is 66.2 cm³/mol. The van der Waals surface area contributed by atoms with Gasteiger partial charge < -0.3 is 9.84 Å². The summed E-state index contributed by atoms with van der Waals surface area (Å²) >= 11 is 0. The van der Waals surface area contributed by atoms with Gasteiger partial charge in [0.25, 0.3) is 0 Å². The van der Waals surface area contributed by atoms with Crippen molar-refractivity contribution in [3.05, 3.63) is 29.8 Å². The van der Waals surface area contributed by atoms with Crippen LogP contribution in [0.25, 0.3) is 0 Å². The molecule has 1 aromatic carbocycles. The van der Waals surface area contributed by atoms with Crippen LogP contribution in [-0.4, -0.2) is 35.5 Å². The number of alkyl halides is 3. The Labute approximate surface area is 115 Å². The normalized spacial score (nSPS) is 30.5. The molecule has 0 aromatic heterocycles. The summed E-state index contributed by atoms with van der Waals surface area (Å²) in [6.07, 6.45) is -2.54. The van der Waals surface area contributed by atoms with E-state index in [9.17, 15) is 18.3 Å². The molecule has 3 rings (SSSR count). The molecule has 0 bridgehead atoms. The van der Waals surface area contributed by atoms with Crippen LogP contribution >= 0.6 is 0 Å². The molecule has 0 amide bonds. The zero-order valence-corrected chi connectivity index (χ0v) is 10.9. The van der Waals surface area contributed by atoms with Crippen molar-refractivity contribution < 1.29 is 23.0 Å². The molecule has 2 aliphatic rings. The summed E-state index contributed by atoms with van der Waals surface area (Å²) in [6.45, 7) is 1.61. The maximum absolute atomic E-state index is 12.5. The van der Waals surface area contributed by atoms with Crippen LogP contribution in [0.4, 0.5) is 13.2 Å². The Hall–Kier alpha value is -1.27. The predicted octanol–water partition coefficient (Wildman–Crippen LogP) is 2.64. The molecule has 20 heavy (non-hydrogen) atoms. The van der Waals surface area contributed by atoms with E-state index in [1.54, 1.807) is 6.07 Å². The molecular formula is C14H16F3NO2. The lowest BCUT2D eigenvalue weighted by atomic mass is 9.85. The fraction of sp³-hybridized carbons (Fsp3) is 0.571. The maximum atomic E-state index is 12.5. The Bertz CT molecular complexity index is 505. The lowest BCUT2D eigenvalue weighted by molar-refractivity contribution is -0.275. The fourth-order valence-corrected chi connectivity index (χ4v) is 3.47. The number of rotatable bonds is 2. The van der Waals surface area contributed by atoms with Crippen molar-refractivity contribution in [1.29, 1.82) is 0 Å². The van der Waals surface area contributed by atoms with Crippen LogP contribution in [0.2, 0.25) is 0 Å². The third-order valence-electron chi connectivity index (χ3n) is 4.27. The minimum Gasteiger partial charge on any atom is -0.405 e. The lowest BCUT2D eigenvalue weighted by Gasteiger charge is -2.31. The molecule has 0 saturated carbocycles. The summed E-state index contributed by atoms with van der Waals surface area (Å²) in [7, 11) is 0. The second-order valence-corrected chi connectivity index (χ2v) is 5.41. The standard InChI is InChI=1S/C14H16F3NO2/c15-14(16,17)20-11-5-2-1-4-10(11)13(19)7-9-18-8-3-6-12(13)18/h1-2,4-5,12,19H,3,6-9H2. The van der Waals surface area contributed by atoms with E-state index in [4.69, 9.17) is 0 Å². The summed E-state index contributed by atoms with van der Waals surface area (Å²) in [5.74, 6) is -0.295. The van der Waals surface area contributed by atoms with Gasteiger partial charge in [-0.25, -0.2) is 0 Å². The van der Waals surface area contributed by atoms with Gasteiger partial charge in [-0.1, -0.05) is 18.2 Å². The van der Waals surface area contributed by atoms with E-state index < -0.39 is 12.0 Å². The molecule has 110 valence electrons. The third-order valence-corrected chi connectivity index (χ3v) is 4.27. The Morgan fingerprint density at radius 1 is 1.25 bits per heavy atom. The van der Waals surface area contributed by atoms with Crippen molar-refractivity contribution in [2.45, 2.75) is 37.3 Å². The molecule has 2 heterocycles. The first-order valence-corrected chi connectivity index (χ1v) is 6.72. The van der Waals surface area contributed by atoms with Gasteiger partial charge in [-0.15, -0.1) is 13.2 Å². The Balaban J connectivity index is 1.97. The summed E-state index contributed by atoms with van der Waals surface area (Å²) in [5.41, 5.74) is -1.01. The first-order chi connectivity index (χ1) is 9.40. The van der Waals surface area contributed by atoms with Gasteiger partial charge in [-0.3, -0.25) is 4.90 Å². The molecule has 2 fully saturated rings. The Morgan fingerprint density at radius 3 is 2.75 bits per heavy atom. The molecule has 1 N–H and O–H groups in total. The van der Waals surface area contributed by atoms with Crippen molar-refractivity contribution in [2.75, 3.05) is 13.1 Å². The van der Waals surface area contributed by atoms with E-state index in [1.165, 1.54) is 18.2 Å². The summed E-state index contributed by atoms with van der Waals surface area (Å²) in [5, 5.41) is 10.9. The molecule has 2 atom stereocenters. The van der Waals surface area contributed by atoms with Crippen LogP contribution < -0.4 is 4.74 Å². The van der Waals surface area contributed by atoms with Gasteiger partial charge in [-0.05, 0) is 31.9 Å². The highest BCUT2D eigenvalue weighted by Crippen LogP contribution is 2.46. The second-order valence-electron chi connectivity index (χ2n) is 5.41. The average Bonchev–Trinajstić information content (AvgIpc) is 2.93. The number of para-hydroxylation sites is 1. The second kappa shape index (κ2) is 4.63. The quantitative estimate of drug-likeness (QED) is 0.907. The number of aliphatic hydroxyl groups is 1. The van der Waals surface area contributed by atoms with Crippen molar-refractivity contribution in [3.63, 3.8) is 0 Å². The monoisotopic (exact) mass is 287 g/mol. The third kappa shape index (κ3) is 2.27. The van der Waals surface area contributed by atoms with Crippen LogP contribution in [0, 0.1) is 0 Å². The fourth-order valence-electron chi connectivity index (χ4n) is 3.47. The molecule has 0 radical (unpaired) electrons. The van der Waals surface area contributed by atoms with Crippen molar-refractivity contribution in [1.82, 2.24) is 4.90 Å². The largest absolute Gasteiger partial charge is 0.573 e. The van der Waals surface area contributed by atoms with E-state index >= 15 is 0 Å². The number of nitrogens with zero attached hydrogens (tertiary/aromatic N) is 1. The lowest BCUT2D eigenvalue weighted by Crippen LogP contribution is -2.39. The van der Waals surface area contributed by atoms with Gasteiger partial charge in [-0.2, -0.15) is 0 Å². The number of benzene rings is 1. The molecule has 0 spiro atoms. The number of hydrogen-bond acceptors (Lipinski definition) is 3. The molecule has 6 heteroatoms. The topological polar surface area (TPSA) is 32.7 Å². The minimum absolute atomic E-state index is 0.111. The van der Waals surface area contributed by atoms with Crippen molar-refractivity contribution >= 4 is 0 Å². The molecule has 1 aromatic rings. The van der Waals surface area contributed by atoms with E-state index in [0.717, 1.165) is 19.4 Å². The summed E-state index contributed by atoms with van der Waals surface area (Å²) in [4.78, 5) is 2.14. The first-order valence-electron chi connectivity index (χ1n) is 6.72. The van der Waals surface area contributed by atoms with E-state index in [-0.39, 0.29) is 17.4 Å². The molecular weight excluding hydrogens is 271 g/mol. The van der Waals surface area contributed by atoms with E-state index in [0.29, 0.717) is 13.0 Å². The SMILES string of the molecule is OC1(c2ccccc2OC(F)(F)F)CCN2CCCC21. The first kappa shape index (κ1) is 13.7. The molecule has 2 saturated heterocycles. The molecule has 2 aliphatic heterocycles. The number of fused-ring (bicyclic) bond motifs is 1. The van der Waals surface area contributed by atoms with Crippen LogP contribution in [-0.2, 0) is 5.60 Å². The highest BCUT2D eigenvalue weighted by molar-refractivity contribution is 5.40. The summed E-state index contributed by atoms with van der Waals surface area (Å²) < 4.78 is 41.5. The van der Waals surface area contributed by atoms with Gasteiger partial charge in [0.1, 0.15) is 11.4 Å². The summed E-state index contributed by atoms with van der Waals surface area (Å²) in [6, 6.07) is 5.80. The number of halogens is 3. The minimum atomic E-state index is -4.75. The van der Waals surface area contributed by atoms with Crippen LogP contribution in [0.3, 0.4) is 0 Å². The van der Waals surface area contributed by atoms with E-state index in [1.807, 2.05) is 0 Å². The smallest absolute Gasteiger partial charge is 0.405 e. The van der Waals surface area contributed by atoms with Gasteiger partial charge in [0.05, 0.1) is 0 Å². The Morgan fingerprint density at radius 2 is 2.00 bits per heavy atom. The van der Waals surface area contributed by atoms with E-state index in [2.05, 4.69) is 9.64 Å². The van der Waals surface area contributed by atoms with Crippen molar-refractivity contribution in [2.24, 2.45) is 0 Å². The van der Waals surface area contributed by atoms with Gasteiger partial charge in [0.2, 0.25) is 0 Å². The number of hydrogen-bond donors (Lipinski definition) is 1. The molecule has 0 aliphatic carbocycles. The zero-order valence-electron chi connectivity index (χ0n) is 10.9. The highest BCUT2D eigenvalue weighted by Gasteiger charge is 2.50. The van der Waals surface area contributed by atoms with Gasteiger partial charge in [0, 0.05) is 18.2 Å². The van der Waals surface area contributed by atoms with Crippen molar-refractivity contribution in [3.8, 4) is 5.75 Å². The maximum Gasteiger partial charge on any atom is 0.573 e. The van der Waals surface area contributed by atoms with Gasteiger partial charge >= 0.3 is 6.36 Å². The molecule has 3 nitrogen and oxygen atoms in total. The number of ether oxygens (including phenoxy) is 1. The van der Waals surface area contributed by atoms with Crippen LogP contribution in [0.5, 0.6) is 5.75 Å². The van der Waals surface area contributed by atoms with Crippen LogP contribution in [0.1, 0.15) is 24.8 Å². The van der Waals surface area contributed by atoms with Gasteiger partial charge in [0.15, 0.2) is 0 Å². The zero-order chi connectivity index (χ0) is 14.4. The average molecular weight is 287 g/mol. The highest BCUT2D eigenvalue weighted by atomic mass is 19.4. The Kier molecular flexibility index (Phi) is 3.17. The molecule has 2 unspecified atom stereocenters. The van der Waals surface area contributed by atoms with Crippen LogP contribution in [0.15, 0.2) is 24.3 Å².